The van der Waals surface area contributed by atoms with Crippen molar-refractivity contribution in [2.24, 2.45) is 5.73 Å². The van der Waals surface area contributed by atoms with Gasteiger partial charge in [-0.1, -0.05) is 35.5 Å². The number of aryl methyl sites for hydroxylation is 1. The van der Waals surface area contributed by atoms with Crippen LogP contribution in [0, 0.1) is 0 Å². The molecule has 0 bridgehead atoms. The molecule has 110 valence electrons. The Bertz CT molecular complexity index is 607. The Hall–Kier alpha value is -2.21. The van der Waals surface area contributed by atoms with Crippen LogP contribution in [0.5, 0.6) is 0 Å². The van der Waals surface area contributed by atoms with Gasteiger partial charge in [0.2, 0.25) is 5.89 Å². The molecule has 3 rings (SSSR count). The van der Waals surface area contributed by atoms with E-state index in [0.29, 0.717) is 12.3 Å². The van der Waals surface area contributed by atoms with Gasteiger partial charge in [-0.15, -0.1) is 0 Å². The third-order valence-electron chi connectivity index (χ3n) is 3.46. The number of amides is 1. The monoisotopic (exact) mass is 286 g/mol. The first-order valence-corrected chi connectivity index (χ1v) is 7.16. The van der Waals surface area contributed by atoms with Crippen LogP contribution in [0.3, 0.4) is 0 Å². The number of carbonyl (C=O) groups is 1. The van der Waals surface area contributed by atoms with Crippen LogP contribution in [-0.2, 0) is 6.42 Å². The lowest BCUT2D eigenvalue weighted by atomic mass is 10.1. The summed E-state index contributed by atoms with van der Waals surface area (Å²) < 4.78 is 5.09. The Morgan fingerprint density at radius 3 is 2.86 bits per heavy atom. The number of carbonyl (C=O) groups excluding carboxylic acids is 1. The number of nitrogens with zero attached hydrogens (tertiary/aromatic N) is 2. The quantitative estimate of drug-likeness (QED) is 0.841. The smallest absolute Gasteiger partial charge is 0.292 e. The van der Waals surface area contributed by atoms with Crippen molar-refractivity contribution >= 4 is 5.91 Å². The van der Waals surface area contributed by atoms with E-state index in [1.54, 1.807) is 0 Å². The van der Waals surface area contributed by atoms with Gasteiger partial charge in [-0.25, -0.2) is 0 Å². The Balaban J connectivity index is 1.55. The van der Waals surface area contributed by atoms with Crippen molar-refractivity contribution in [3.63, 3.8) is 0 Å². The van der Waals surface area contributed by atoms with Gasteiger partial charge in [0.25, 0.3) is 11.7 Å². The molecule has 3 N–H and O–H groups in total. The highest BCUT2D eigenvalue weighted by molar-refractivity contribution is 5.90. The normalized spacial score (nSPS) is 15.7. The van der Waals surface area contributed by atoms with E-state index in [2.05, 4.69) is 27.6 Å². The van der Waals surface area contributed by atoms with Crippen molar-refractivity contribution in [3.8, 4) is 0 Å². The average molecular weight is 286 g/mol. The highest BCUT2D eigenvalue weighted by Crippen LogP contribution is 2.19. The SMILES string of the molecule is NC(CCc1ccccc1)c1nc(C(=O)NC2CC2)no1. The van der Waals surface area contributed by atoms with Crippen molar-refractivity contribution in [1.82, 2.24) is 15.5 Å². The van der Waals surface area contributed by atoms with Gasteiger partial charge in [0, 0.05) is 6.04 Å². The molecule has 1 saturated carbocycles. The van der Waals surface area contributed by atoms with Crippen molar-refractivity contribution in [1.29, 1.82) is 0 Å². The molecule has 6 nitrogen and oxygen atoms in total. The number of hydrogen-bond acceptors (Lipinski definition) is 5. The first kappa shape index (κ1) is 13.8. The van der Waals surface area contributed by atoms with E-state index in [0.717, 1.165) is 19.3 Å². The Labute approximate surface area is 122 Å². The predicted molar refractivity (Wildman–Crippen MR) is 76.5 cm³/mol. The van der Waals surface area contributed by atoms with Gasteiger partial charge in [-0.05, 0) is 31.2 Å². The summed E-state index contributed by atoms with van der Waals surface area (Å²) in [5, 5.41) is 6.51. The molecule has 0 saturated heterocycles. The fraction of sp³-hybridized carbons (Fsp3) is 0.400. The van der Waals surface area contributed by atoms with E-state index in [1.807, 2.05) is 18.2 Å². The lowest BCUT2D eigenvalue weighted by Gasteiger charge is -2.06. The number of nitrogens with one attached hydrogen (secondary N) is 1. The molecular formula is C15H18N4O2. The van der Waals surface area contributed by atoms with Crippen molar-refractivity contribution < 1.29 is 9.32 Å². The zero-order valence-electron chi connectivity index (χ0n) is 11.7. The number of hydrogen-bond donors (Lipinski definition) is 2. The summed E-state index contributed by atoms with van der Waals surface area (Å²) in [7, 11) is 0. The summed E-state index contributed by atoms with van der Waals surface area (Å²) >= 11 is 0. The molecule has 2 aromatic rings. The molecule has 1 aromatic carbocycles. The van der Waals surface area contributed by atoms with Crippen LogP contribution in [0.1, 0.15) is 47.4 Å². The van der Waals surface area contributed by atoms with Crippen LogP contribution in [0.15, 0.2) is 34.9 Å². The van der Waals surface area contributed by atoms with Crippen molar-refractivity contribution in [2.75, 3.05) is 0 Å². The molecule has 0 spiro atoms. The van der Waals surface area contributed by atoms with Gasteiger partial charge in [-0.2, -0.15) is 4.98 Å². The molecule has 21 heavy (non-hydrogen) atoms. The van der Waals surface area contributed by atoms with E-state index in [1.165, 1.54) is 5.56 Å². The van der Waals surface area contributed by atoms with Gasteiger partial charge < -0.3 is 15.6 Å². The van der Waals surface area contributed by atoms with Gasteiger partial charge >= 0.3 is 0 Å². The van der Waals surface area contributed by atoms with Crippen LogP contribution in [0.2, 0.25) is 0 Å². The highest BCUT2D eigenvalue weighted by atomic mass is 16.5. The fourth-order valence-electron chi connectivity index (χ4n) is 2.05. The number of benzene rings is 1. The second-order valence-electron chi connectivity index (χ2n) is 5.33. The minimum atomic E-state index is -0.361. The Morgan fingerprint density at radius 2 is 2.14 bits per heavy atom. The first-order valence-electron chi connectivity index (χ1n) is 7.16. The molecule has 1 fully saturated rings. The largest absolute Gasteiger partial charge is 0.346 e. The summed E-state index contributed by atoms with van der Waals surface area (Å²) in [5.74, 6) is 0.0849. The molecule has 1 amide bonds. The van der Waals surface area contributed by atoms with E-state index in [9.17, 15) is 4.79 Å². The topological polar surface area (TPSA) is 94.0 Å². The minimum Gasteiger partial charge on any atom is -0.346 e. The average Bonchev–Trinajstić information content (AvgIpc) is 3.18. The van der Waals surface area contributed by atoms with E-state index in [4.69, 9.17) is 10.3 Å². The summed E-state index contributed by atoms with van der Waals surface area (Å²) in [6.45, 7) is 0. The number of aromatic nitrogens is 2. The molecular weight excluding hydrogens is 268 g/mol. The van der Waals surface area contributed by atoms with Crippen LogP contribution in [0.4, 0.5) is 0 Å². The number of rotatable bonds is 6. The third kappa shape index (κ3) is 3.66. The van der Waals surface area contributed by atoms with E-state index in [-0.39, 0.29) is 23.8 Å². The first-order chi connectivity index (χ1) is 10.2. The molecule has 1 aliphatic carbocycles. The molecule has 0 aliphatic heterocycles. The maximum absolute atomic E-state index is 11.8. The van der Waals surface area contributed by atoms with Crippen LogP contribution in [-0.4, -0.2) is 22.1 Å². The van der Waals surface area contributed by atoms with Crippen LogP contribution < -0.4 is 11.1 Å². The van der Waals surface area contributed by atoms with E-state index < -0.39 is 0 Å². The summed E-state index contributed by atoms with van der Waals surface area (Å²) in [6, 6.07) is 9.98. The van der Waals surface area contributed by atoms with Gasteiger partial charge in [-0.3, -0.25) is 4.79 Å². The van der Waals surface area contributed by atoms with Crippen LogP contribution >= 0.6 is 0 Å². The summed E-state index contributed by atoms with van der Waals surface area (Å²) in [4.78, 5) is 15.9. The van der Waals surface area contributed by atoms with Gasteiger partial charge in [0.15, 0.2) is 0 Å². The van der Waals surface area contributed by atoms with Crippen LogP contribution in [0.25, 0.3) is 0 Å². The Kier molecular flexibility index (Phi) is 3.96. The fourth-order valence-corrected chi connectivity index (χ4v) is 2.05. The Morgan fingerprint density at radius 1 is 1.38 bits per heavy atom. The summed E-state index contributed by atoms with van der Waals surface area (Å²) in [6.07, 6.45) is 3.56. The lowest BCUT2D eigenvalue weighted by molar-refractivity contribution is 0.0937. The second-order valence-corrected chi connectivity index (χ2v) is 5.33. The maximum atomic E-state index is 11.8. The molecule has 1 atom stereocenters. The third-order valence-corrected chi connectivity index (χ3v) is 3.46. The predicted octanol–water partition coefficient (Wildman–Crippen LogP) is 1.59. The molecule has 1 unspecified atom stereocenters. The van der Waals surface area contributed by atoms with Gasteiger partial charge in [0.05, 0.1) is 6.04 Å². The molecule has 0 radical (unpaired) electrons. The molecule has 1 aliphatic rings. The van der Waals surface area contributed by atoms with Gasteiger partial charge in [0.1, 0.15) is 0 Å². The van der Waals surface area contributed by atoms with Crippen molar-refractivity contribution in [3.05, 3.63) is 47.6 Å². The standard InChI is InChI=1S/C15H18N4O2/c16-12(9-6-10-4-2-1-3-5-10)15-18-13(19-21-15)14(20)17-11-7-8-11/h1-5,11-12H,6-9,16H2,(H,17,20). The number of nitrogens with two attached hydrogens (primary N) is 1. The van der Waals surface area contributed by atoms with E-state index >= 15 is 0 Å². The second kappa shape index (κ2) is 6.05. The summed E-state index contributed by atoms with van der Waals surface area (Å²) in [5.41, 5.74) is 7.25. The maximum Gasteiger partial charge on any atom is 0.292 e. The highest BCUT2D eigenvalue weighted by Gasteiger charge is 2.26. The molecule has 6 heteroatoms. The minimum absolute atomic E-state index is 0.0621. The zero-order valence-corrected chi connectivity index (χ0v) is 11.7. The molecule has 1 heterocycles. The molecule has 1 aromatic heterocycles. The lowest BCUT2D eigenvalue weighted by Crippen LogP contribution is -2.26. The zero-order chi connectivity index (χ0) is 14.7. The van der Waals surface area contributed by atoms with Crippen molar-refractivity contribution in [2.45, 2.75) is 37.8 Å².